The first-order valence-electron chi connectivity index (χ1n) is 5.47. The number of halogens is 1. The molecule has 0 aliphatic heterocycles. The van der Waals surface area contributed by atoms with E-state index in [0.29, 0.717) is 16.9 Å². The van der Waals surface area contributed by atoms with Gasteiger partial charge in [0.25, 0.3) is 5.91 Å². The molecule has 0 aliphatic rings. The van der Waals surface area contributed by atoms with Gasteiger partial charge in [0.1, 0.15) is 0 Å². The molecule has 0 radical (unpaired) electrons. The highest BCUT2D eigenvalue weighted by molar-refractivity contribution is 9.10. The van der Waals surface area contributed by atoms with Gasteiger partial charge in [-0.25, -0.2) is 0 Å². The molecule has 2 rings (SSSR count). The number of anilines is 2. The number of carbonyl (C=O) groups excluding carboxylic acids is 1. The maximum Gasteiger partial charge on any atom is 0.258 e. The molecule has 3 nitrogen and oxygen atoms in total. The van der Waals surface area contributed by atoms with Crippen LogP contribution in [0.2, 0.25) is 0 Å². The first-order chi connectivity index (χ1) is 8.59. The van der Waals surface area contributed by atoms with Crippen molar-refractivity contribution in [1.29, 1.82) is 0 Å². The number of nitrogens with two attached hydrogens (primary N) is 1. The van der Waals surface area contributed by atoms with Crippen LogP contribution in [0.5, 0.6) is 0 Å². The van der Waals surface area contributed by atoms with Crippen LogP contribution in [-0.4, -0.2) is 13.0 Å². The highest BCUT2D eigenvalue weighted by Crippen LogP contribution is 2.23. The second-order valence-corrected chi connectivity index (χ2v) is 4.85. The molecule has 0 unspecified atom stereocenters. The molecule has 0 saturated heterocycles. The maximum absolute atomic E-state index is 12.3. The second-order valence-electron chi connectivity index (χ2n) is 3.93. The first-order valence-corrected chi connectivity index (χ1v) is 6.27. The third-order valence-electron chi connectivity index (χ3n) is 2.69. The lowest BCUT2D eigenvalue weighted by molar-refractivity contribution is 0.0993. The molecule has 0 aliphatic carbocycles. The molecule has 2 N–H and O–H groups in total. The van der Waals surface area contributed by atoms with Crippen LogP contribution in [0.25, 0.3) is 0 Å². The number of hydrogen-bond acceptors (Lipinski definition) is 2. The van der Waals surface area contributed by atoms with Crippen LogP contribution in [0, 0.1) is 0 Å². The summed E-state index contributed by atoms with van der Waals surface area (Å²) >= 11 is 3.34. The van der Waals surface area contributed by atoms with E-state index in [1.54, 1.807) is 30.1 Å². The summed E-state index contributed by atoms with van der Waals surface area (Å²) in [6.45, 7) is 0. The summed E-state index contributed by atoms with van der Waals surface area (Å²) in [6, 6.07) is 14.6. The zero-order chi connectivity index (χ0) is 13.1. The predicted molar refractivity (Wildman–Crippen MR) is 77.7 cm³/mol. The minimum Gasteiger partial charge on any atom is -0.397 e. The van der Waals surface area contributed by atoms with Crippen molar-refractivity contribution in [3.63, 3.8) is 0 Å². The van der Waals surface area contributed by atoms with Crippen molar-refractivity contribution < 1.29 is 4.79 Å². The molecule has 0 bridgehead atoms. The van der Waals surface area contributed by atoms with Crippen molar-refractivity contribution >= 4 is 33.2 Å². The van der Waals surface area contributed by atoms with E-state index in [1.165, 1.54) is 0 Å². The summed E-state index contributed by atoms with van der Waals surface area (Å²) in [7, 11) is 1.72. The molecule has 0 spiro atoms. The normalized spacial score (nSPS) is 10.1. The summed E-state index contributed by atoms with van der Waals surface area (Å²) in [5.41, 5.74) is 7.79. The summed E-state index contributed by atoms with van der Waals surface area (Å²) in [4.78, 5) is 13.8. The van der Waals surface area contributed by atoms with Crippen LogP contribution in [-0.2, 0) is 0 Å². The smallest absolute Gasteiger partial charge is 0.258 e. The molecule has 0 atom stereocenters. The predicted octanol–water partition coefficient (Wildman–Crippen LogP) is 3.31. The molecule has 0 heterocycles. The quantitative estimate of drug-likeness (QED) is 0.865. The van der Waals surface area contributed by atoms with Crippen LogP contribution in [0.1, 0.15) is 10.4 Å². The van der Waals surface area contributed by atoms with Gasteiger partial charge in [-0.1, -0.05) is 28.1 Å². The minimum atomic E-state index is -0.0830. The van der Waals surface area contributed by atoms with Gasteiger partial charge in [-0.15, -0.1) is 0 Å². The SMILES string of the molecule is CN(C(=O)c1ccc(Br)cc1)c1ccccc1N. The molecule has 1 amide bonds. The topological polar surface area (TPSA) is 46.3 Å². The molecule has 18 heavy (non-hydrogen) atoms. The fraction of sp³-hybridized carbons (Fsp3) is 0.0714. The Morgan fingerprint density at radius 2 is 1.72 bits per heavy atom. The number of para-hydroxylation sites is 2. The Hall–Kier alpha value is -1.81. The summed E-state index contributed by atoms with van der Waals surface area (Å²) < 4.78 is 0.945. The fourth-order valence-electron chi connectivity index (χ4n) is 1.69. The average Bonchev–Trinajstić information content (AvgIpc) is 2.38. The van der Waals surface area contributed by atoms with Gasteiger partial charge in [0, 0.05) is 17.1 Å². The number of nitrogens with zero attached hydrogens (tertiary/aromatic N) is 1. The number of carbonyl (C=O) groups is 1. The highest BCUT2D eigenvalue weighted by atomic mass is 79.9. The van der Waals surface area contributed by atoms with Crippen LogP contribution in [0.4, 0.5) is 11.4 Å². The monoisotopic (exact) mass is 304 g/mol. The third kappa shape index (κ3) is 2.54. The zero-order valence-electron chi connectivity index (χ0n) is 9.93. The van der Waals surface area contributed by atoms with E-state index >= 15 is 0 Å². The van der Waals surface area contributed by atoms with Gasteiger partial charge in [0.15, 0.2) is 0 Å². The molecular formula is C14H13BrN2O. The second kappa shape index (κ2) is 5.23. The lowest BCUT2D eigenvalue weighted by Crippen LogP contribution is -2.26. The number of nitrogen functional groups attached to an aromatic ring is 1. The van der Waals surface area contributed by atoms with Crippen molar-refractivity contribution in [2.45, 2.75) is 0 Å². The van der Waals surface area contributed by atoms with E-state index in [9.17, 15) is 4.79 Å². The van der Waals surface area contributed by atoms with Gasteiger partial charge < -0.3 is 10.6 Å². The van der Waals surface area contributed by atoms with Gasteiger partial charge in [-0.05, 0) is 36.4 Å². The highest BCUT2D eigenvalue weighted by Gasteiger charge is 2.14. The Bertz CT molecular complexity index is 566. The Morgan fingerprint density at radius 1 is 1.11 bits per heavy atom. The lowest BCUT2D eigenvalue weighted by Gasteiger charge is -2.19. The van der Waals surface area contributed by atoms with E-state index < -0.39 is 0 Å². The van der Waals surface area contributed by atoms with E-state index in [-0.39, 0.29) is 5.91 Å². The molecule has 4 heteroatoms. The Balaban J connectivity index is 2.29. The van der Waals surface area contributed by atoms with Gasteiger partial charge in [-0.3, -0.25) is 4.79 Å². The van der Waals surface area contributed by atoms with E-state index in [4.69, 9.17) is 5.73 Å². The molecule has 0 aromatic heterocycles. The van der Waals surface area contributed by atoms with Gasteiger partial charge in [0.2, 0.25) is 0 Å². The number of amides is 1. The Kier molecular flexibility index (Phi) is 3.67. The van der Waals surface area contributed by atoms with E-state index in [0.717, 1.165) is 4.47 Å². The van der Waals surface area contributed by atoms with Gasteiger partial charge in [-0.2, -0.15) is 0 Å². The van der Waals surface area contributed by atoms with Crippen LogP contribution < -0.4 is 10.6 Å². The van der Waals surface area contributed by atoms with Crippen LogP contribution in [0.3, 0.4) is 0 Å². The average molecular weight is 305 g/mol. The van der Waals surface area contributed by atoms with Crippen molar-refractivity contribution in [3.05, 3.63) is 58.6 Å². The standard InChI is InChI=1S/C14H13BrN2O/c1-17(13-5-3-2-4-12(13)16)14(18)10-6-8-11(15)9-7-10/h2-9H,16H2,1H3. The molecule has 2 aromatic rings. The summed E-state index contributed by atoms with van der Waals surface area (Å²) in [5, 5.41) is 0. The fourth-order valence-corrected chi connectivity index (χ4v) is 1.95. The van der Waals surface area contributed by atoms with Crippen LogP contribution >= 0.6 is 15.9 Å². The number of benzene rings is 2. The first kappa shape index (κ1) is 12.6. The van der Waals surface area contributed by atoms with E-state index in [1.807, 2.05) is 30.3 Å². The largest absolute Gasteiger partial charge is 0.397 e. The zero-order valence-corrected chi connectivity index (χ0v) is 11.5. The third-order valence-corrected chi connectivity index (χ3v) is 3.22. The lowest BCUT2D eigenvalue weighted by atomic mass is 10.2. The molecule has 92 valence electrons. The number of rotatable bonds is 2. The number of hydrogen-bond donors (Lipinski definition) is 1. The molecule has 2 aromatic carbocycles. The maximum atomic E-state index is 12.3. The Morgan fingerprint density at radius 3 is 2.33 bits per heavy atom. The van der Waals surface area contributed by atoms with Crippen molar-refractivity contribution in [2.24, 2.45) is 0 Å². The summed E-state index contributed by atoms with van der Waals surface area (Å²) in [5.74, 6) is -0.0830. The van der Waals surface area contributed by atoms with Gasteiger partial charge in [0.05, 0.1) is 11.4 Å². The van der Waals surface area contributed by atoms with Crippen LogP contribution in [0.15, 0.2) is 53.0 Å². The molecule has 0 fully saturated rings. The van der Waals surface area contributed by atoms with Crippen molar-refractivity contribution in [1.82, 2.24) is 0 Å². The molecular weight excluding hydrogens is 292 g/mol. The molecule has 0 saturated carbocycles. The minimum absolute atomic E-state index is 0.0830. The van der Waals surface area contributed by atoms with Crippen molar-refractivity contribution in [3.8, 4) is 0 Å². The van der Waals surface area contributed by atoms with Crippen molar-refractivity contribution in [2.75, 3.05) is 17.7 Å². The van der Waals surface area contributed by atoms with E-state index in [2.05, 4.69) is 15.9 Å². The van der Waals surface area contributed by atoms with Gasteiger partial charge >= 0.3 is 0 Å². The Labute approximate surface area is 114 Å². The summed E-state index contributed by atoms with van der Waals surface area (Å²) in [6.07, 6.45) is 0.